The van der Waals surface area contributed by atoms with E-state index in [1.807, 2.05) is 13.2 Å². The van der Waals surface area contributed by atoms with Gasteiger partial charge in [0.15, 0.2) is 0 Å². The Labute approximate surface area is 132 Å². The van der Waals surface area contributed by atoms with Crippen LogP contribution in [0.15, 0.2) is 6.20 Å². The number of nitrogens with zero attached hydrogens (tertiary/aromatic N) is 2. The highest BCUT2D eigenvalue weighted by atomic mass is 16.5. The Morgan fingerprint density at radius 2 is 2.09 bits per heavy atom. The summed E-state index contributed by atoms with van der Waals surface area (Å²) >= 11 is 0. The minimum Gasteiger partial charge on any atom is -0.373 e. The molecule has 1 aromatic heterocycles. The van der Waals surface area contributed by atoms with Crippen LogP contribution in [0, 0.1) is 0 Å². The topological polar surface area (TPSA) is 56.2 Å². The summed E-state index contributed by atoms with van der Waals surface area (Å²) in [7, 11) is 1.89. The minimum atomic E-state index is -0.140. The van der Waals surface area contributed by atoms with Crippen molar-refractivity contribution in [1.29, 1.82) is 0 Å². The third-order valence-corrected chi connectivity index (χ3v) is 4.84. The number of hydrogen-bond acceptors (Lipinski definition) is 3. The zero-order valence-electron chi connectivity index (χ0n) is 13.9. The van der Waals surface area contributed by atoms with Gasteiger partial charge in [0.1, 0.15) is 0 Å². The largest absolute Gasteiger partial charge is 0.373 e. The molecule has 122 valence electrons. The van der Waals surface area contributed by atoms with E-state index < -0.39 is 0 Å². The quantitative estimate of drug-likeness (QED) is 0.934. The predicted octanol–water partition coefficient (Wildman–Crippen LogP) is 2.77. The van der Waals surface area contributed by atoms with Crippen LogP contribution in [0.5, 0.6) is 0 Å². The molecule has 1 saturated heterocycles. The van der Waals surface area contributed by atoms with Crippen molar-refractivity contribution >= 4 is 5.91 Å². The number of carbonyl (C=O) groups is 1. The molecule has 1 aliphatic heterocycles. The summed E-state index contributed by atoms with van der Waals surface area (Å²) in [6.45, 7) is 4.73. The van der Waals surface area contributed by atoms with Crippen LogP contribution in [-0.4, -0.2) is 33.9 Å². The van der Waals surface area contributed by atoms with Gasteiger partial charge in [0.25, 0.3) is 5.91 Å². The Hall–Kier alpha value is -1.36. The predicted molar refractivity (Wildman–Crippen MR) is 84.9 cm³/mol. The lowest BCUT2D eigenvalue weighted by molar-refractivity contribution is 0.0355. The number of carbonyl (C=O) groups excluding carboxylic acids is 1. The van der Waals surface area contributed by atoms with E-state index in [4.69, 9.17) is 4.74 Å². The van der Waals surface area contributed by atoms with Gasteiger partial charge in [0.05, 0.1) is 29.5 Å². The van der Waals surface area contributed by atoms with Crippen LogP contribution in [0.2, 0.25) is 0 Å². The number of aryl methyl sites for hydroxylation is 1. The summed E-state index contributed by atoms with van der Waals surface area (Å²) < 4.78 is 7.48. The first kappa shape index (κ1) is 15.5. The van der Waals surface area contributed by atoms with Gasteiger partial charge >= 0.3 is 0 Å². The number of hydrogen-bond donors (Lipinski definition) is 1. The Morgan fingerprint density at radius 3 is 2.73 bits per heavy atom. The molecule has 1 aromatic rings. The van der Waals surface area contributed by atoms with Gasteiger partial charge < -0.3 is 10.1 Å². The molecule has 5 heteroatoms. The maximum Gasteiger partial charge on any atom is 0.255 e. The molecule has 1 aliphatic carbocycles. The maximum atomic E-state index is 12.7. The van der Waals surface area contributed by atoms with Crippen LogP contribution < -0.4 is 5.32 Å². The van der Waals surface area contributed by atoms with Crippen LogP contribution in [0.4, 0.5) is 0 Å². The van der Waals surface area contributed by atoms with Crippen molar-refractivity contribution in [2.24, 2.45) is 7.05 Å². The number of nitrogens with one attached hydrogen (secondary N) is 1. The molecule has 0 spiro atoms. The second-order valence-electron chi connectivity index (χ2n) is 7.38. The number of ether oxygens (including phenoxy) is 1. The molecule has 3 rings (SSSR count). The van der Waals surface area contributed by atoms with Crippen LogP contribution in [-0.2, 0) is 11.8 Å². The SMILES string of the molecule is Cn1cc(C(=O)NC2COC(C)(C)C2)c(C2CCCCC2)n1. The fourth-order valence-corrected chi connectivity index (χ4v) is 3.75. The summed E-state index contributed by atoms with van der Waals surface area (Å²) in [5.41, 5.74) is 1.59. The number of rotatable bonds is 3. The average Bonchev–Trinajstić information content (AvgIpc) is 3.02. The van der Waals surface area contributed by atoms with Gasteiger partial charge in [0, 0.05) is 19.2 Å². The number of amides is 1. The van der Waals surface area contributed by atoms with E-state index in [0.29, 0.717) is 12.5 Å². The lowest BCUT2D eigenvalue weighted by atomic mass is 9.85. The van der Waals surface area contributed by atoms with E-state index in [1.54, 1.807) is 4.68 Å². The molecule has 1 atom stereocenters. The lowest BCUT2D eigenvalue weighted by Crippen LogP contribution is -2.36. The first-order valence-electron chi connectivity index (χ1n) is 8.43. The van der Waals surface area contributed by atoms with Crippen molar-refractivity contribution in [1.82, 2.24) is 15.1 Å². The third kappa shape index (κ3) is 3.35. The van der Waals surface area contributed by atoms with Gasteiger partial charge in [-0.3, -0.25) is 9.48 Å². The Balaban J connectivity index is 1.72. The summed E-state index contributed by atoms with van der Waals surface area (Å²) in [6, 6.07) is 0.0990. The second kappa shape index (κ2) is 6.03. The molecule has 2 fully saturated rings. The van der Waals surface area contributed by atoms with Gasteiger partial charge in [-0.25, -0.2) is 0 Å². The molecule has 1 N–H and O–H groups in total. The molecule has 0 radical (unpaired) electrons. The van der Waals surface area contributed by atoms with E-state index in [-0.39, 0.29) is 17.6 Å². The molecule has 1 saturated carbocycles. The molecule has 5 nitrogen and oxygen atoms in total. The Bertz CT molecular complexity index is 544. The van der Waals surface area contributed by atoms with Gasteiger partial charge in [0.2, 0.25) is 0 Å². The first-order chi connectivity index (χ1) is 10.4. The third-order valence-electron chi connectivity index (χ3n) is 4.84. The highest BCUT2D eigenvalue weighted by Crippen LogP contribution is 2.33. The van der Waals surface area contributed by atoms with E-state index in [0.717, 1.165) is 30.5 Å². The number of aromatic nitrogens is 2. The standard InChI is InChI=1S/C17H27N3O2/c1-17(2)9-13(11-22-17)18-16(21)14-10-20(3)19-15(14)12-7-5-4-6-8-12/h10,12-13H,4-9,11H2,1-3H3,(H,18,21). The molecular formula is C17H27N3O2. The fourth-order valence-electron chi connectivity index (χ4n) is 3.75. The smallest absolute Gasteiger partial charge is 0.255 e. The summed E-state index contributed by atoms with van der Waals surface area (Å²) in [4.78, 5) is 12.7. The molecule has 1 amide bonds. The van der Waals surface area contributed by atoms with Crippen molar-refractivity contribution < 1.29 is 9.53 Å². The van der Waals surface area contributed by atoms with Crippen molar-refractivity contribution in [2.75, 3.05) is 6.61 Å². The normalized spacial score (nSPS) is 25.3. The molecule has 0 aromatic carbocycles. The molecular weight excluding hydrogens is 278 g/mol. The second-order valence-corrected chi connectivity index (χ2v) is 7.38. The van der Waals surface area contributed by atoms with Gasteiger partial charge in [-0.1, -0.05) is 19.3 Å². The van der Waals surface area contributed by atoms with Crippen molar-refractivity contribution in [3.8, 4) is 0 Å². The van der Waals surface area contributed by atoms with Crippen LogP contribution in [0.3, 0.4) is 0 Å². The maximum absolute atomic E-state index is 12.7. The monoisotopic (exact) mass is 305 g/mol. The summed E-state index contributed by atoms with van der Waals surface area (Å²) in [5.74, 6) is 0.437. The highest BCUT2D eigenvalue weighted by Gasteiger charge is 2.34. The Morgan fingerprint density at radius 1 is 1.36 bits per heavy atom. The van der Waals surface area contributed by atoms with Crippen LogP contribution in [0.25, 0.3) is 0 Å². The molecule has 22 heavy (non-hydrogen) atoms. The van der Waals surface area contributed by atoms with E-state index in [9.17, 15) is 4.79 Å². The molecule has 0 bridgehead atoms. The van der Waals surface area contributed by atoms with Crippen molar-refractivity contribution in [2.45, 2.75) is 69.9 Å². The van der Waals surface area contributed by atoms with Crippen LogP contribution >= 0.6 is 0 Å². The Kier molecular flexibility index (Phi) is 4.26. The van der Waals surface area contributed by atoms with Crippen LogP contribution in [0.1, 0.15) is 74.3 Å². The molecule has 2 aliphatic rings. The van der Waals surface area contributed by atoms with Crippen molar-refractivity contribution in [3.05, 3.63) is 17.5 Å². The molecule has 1 unspecified atom stereocenters. The lowest BCUT2D eigenvalue weighted by Gasteiger charge is -2.21. The zero-order valence-corrected chi connectivity index (χ0v) is 13.9. The van der Waals surface area contributed by atoms with E-state index in [1.165, 1.54) is 19.3 Å². The fraction of sp³-hybridized carbons (Fsp3) is 0.765. The molecule has 2 heterocycles. The summed E-state index contributed by atoms with van der Waals surface area (Å²) in [6.07, 6.45) is 8.81. The van der Waals surface area contributed by atoms with Gasteiger partial charge in [-0.15, -0.1) is 0 Å². The van der Waals surface area contributed by atoms with Gasteiger partial charge in [-0.05, 0) is 33.1 Å². The van der Waals surface area contributed by atoms with E-state index in [2.05, 4.69) is 24.3 Å². The average molecular weight is 305 g/mol. The van der Waals surface area contributed by atoms with Crippen molar-refractivity contribution in [3.63, 3.8) is 0 Å². The van der Waals surface area contributed by atoms with E-state index >= 15 is 0 Å². The highest BCUT2D eigenvalue weighted by molar-refractivity contribution is 5.95. The summed E-state index contributed by atoms with van der Waals surface area (Å²) in [5, 5.41) is 7.71. The van der Waals surface area contributed by atoms with Gasteiger partial charge in [-0.2, -0.15) is 5.10 Å². The zero-order chi connectivity index (χ0) is 15.7. The minimum absolute atomic E-state index is 0.0000246. The first-order valence-corrected chi connectivity index (χ1v) is 8.43.